The molecular weight excluding hydrogens is 772 g/mol. The Morgan fingerprint density at radius 3 is 1.18 bits per heavy atom. The lowest BCUT2D eigenvalue weighted by Crippen LogP contribution is -2.29. The van der Waals surface area contributed by atoms with E-state index in [2.05, 4.69) is 67.0 Å². The smallest absolute Gasteiger partial charge is 0.462 e. The third kappa shape index (κ3) is 48.4. The second-order valence-electron chi connectivity index (χ2n) is 16.4. The summed E-state index contributed by atoms with van der Waals surface area (Å²) in [5.74, 6) is -0.974. The molecule has 0 saturated carbocycles. The van der Waals surface area contributed by atoms with Crippen LogP contribution < -0.4 is 0 Å². The minimum atomic E-state index is -4.78. The summed E-state index contributed by atoms with van der Waals surface area (Å²) in [5.41, 5.74) is 0. The average Bonchev–Trinajstić information content (AvgIpc) is 3.22. The molecule has 0 aromatic rings. The fraction of sp³-hybridized carbons (Fsp3) is 0.765. The van der Waals surface area contributed by atoms with Crippen molar-refractivity contribution in [2.45, 2.75) is 238 Å². The van der Waals surface area contributed by atoms with Gasteiger partial charge in [0.05, 0.1) is 6.61 Å². The van der Waals surface area contributed by atoms with E-state index >= 15 is 0 Å². The first-order chi connectivity index (χ1) is 29.3. The molecule has 0 unspecified atom stereocenters. The second-order valence-corrected chi connectivity index (χ2v) is 17.7. The molecule has 0 heterocycles. The van der Waals surface area contributed by atoms with Crippen molar-refractivity contribution in [2.75, 3.05) is 13.2 Å². The van der Waals surface area contributed by atoms with Gasteiger partial charge in [0.15, 0.2) is 6.10 Å². The highest BCUT2D eigenvalue weighted by molar-refractivity contribution is 7.46. The van der Waals surface area contributed by atoms with E-state index < -0.39 is 32.5 Å². The number of phosphoric ester groups is 1. The Hall–Kier alpha value is -2.25. The maximum atomic E-state index is 12.4. The number of ether oxygens (including phenoxy) is 2. The number of hydrogen-bond acceptors (Lipinski definition) is 6. The maximum absolute atomic E-state index is 12.4. The number of hydrogen-bond donors (Lipinski definition) is 2. The van der Waals surface area contributed by atoms with Crippen LogP contribution in [0.4, 0.5) is 0 Å². The van der Waals surface area contributed by atoms with Gasteiger partial charge < -0.3 is 19.3 Å². The van der Waals surface area contributed by atoms with Crippen molar-refractivity contribution in [3.8, 4) is 0 Å². The van der Waals surface area contributed by atoms with Crippen molar-refractivity contribution >= 4 is 19.8 Å². The third-order valence-corrected chi connectivity index (χ3v) is 11.0. The van der Waals surface area contributed by atoms with Gasteiger partial charge in [0.2, 0.25) is 0 Å². The molecule has 2 N–H and O–H groups in total. The van der Waals surface area contributed by atoms with Crippen molar-refractivity contribution in [1.82, 2.24) is 0 Å². The molecule has 0 rings (SSSR count). The van der Waals surface area contributed by atoms with Crippen LogP contribution in [0.5, 0.6) is 0 Å². The Kier molecular flexibility index (Phi) is 44.5. The van der Waals surface area contributed by atoms with E-state index in [9.17, 15) is 14.2 Å². The molecular formula is C51H91O8P. The van der Waals surface area contributed by atoms with Crippen molar-refractivity contribution in [3.05, 3.63) is 60.8 Å². The first-order valence-corrected chi connectivity index (χ1v) is 26.1. The summed E-state index contributed by atoms with van der Waals surface area (Å²) in [6.45, 7) is 3.63. The lowest BCUT2D eigenvalue weighted by Gasteiger charge is -2.18. The lowest BCUT2D eigenvalue weighted by molar-refractivity contribution is -0.161. The van der Waals surface area contributed by atoms with Gasteiger partial charge in [-0.1, -0.05) is 229 Å². The molecule has 9 heteroatoms. The molecule has 0 aliphatic heterocycles. The number of phosphoric acid groups is 1. The number of carbonyl (C=O) groups is 2. The highest BCUT2D eigenvalue weighted by atomic mass is 31.2. The molecule has 0 radical (unpaired) electrons. The molecule has 0 amide bonds. The largest absolute Gasteiger partial charge is 0.469 e. The number of carbonyl (C=O) groups excluding carboxylic acids is 2. The van der Waals surface area contributed by atoms with Crippen LogP contribution in [-0.4, -0.2) is 41.0 Å². The van der Waals surface area contributed by atoms with Crippen LogP contribution in [0, 0.1) is 0 Å². The van der Waals surface area contributed by atoms with Crippen molar-refractivity contribution in [3.63, 3.8) is 0 Å². The van der Waals surface area contributed by atoms with Gasteiger partial charge in [-0.25, -0.2) is 4.57 Å². The predicted molar refractivity (Wildman–Crippen MR) is 253 cm³/mol. The zero-order valence-electron chi connectivity index (χ0n) is 38.6. The van der Waals surface area contributed by atoms with E-state index in [0.29, 0.717) is 6.42 Å². The summed E-state index contributed by atoms with van der Waals surface area (Å²) < 4.78 is 26.4. The minimum Gasteiger partial charge on any atom is -0.462 e. The van der Waals surface area contributed by atoms with Crippen molar-refractivity contribution in [2.24, 2.45) is 0 Å². The predicted octanol–water partition coefficient (Wildman–Crippen LogP) is 15.6. The fourth-order valence-corrected chi connectivity index (χ4v) is 7.25. The van der Waals surface area contributed by atoms with Crippen molar-refractivity contribution < 1.29 is 37.9 Å². The summed E-state index contributed by atoms with van der Waals surface area (Å²) in [6, 6.07) is 0. The lowest BCUT2D eigenvalue weighted by atomic mass is 10.0. The summed E-state index contributed by atoms with van der Waals surface area (Å²) in [6.07, 6.45) is 59.7. The zero-order valence-corrected chi connectivity index (χ0v) is 39.5. The Balaban J connectivity index is 3.91. The fourth-order valence-electron chi connectivity index (χ4n) is 6.89. The van der Waals surface area contributed by atoms with Gasteiger partial charge >= 0.3 is 19.8 Å². The van der Waals surface area contributed by atoms with Crippen LogP contribution in [0.2, 0.25) is 0 Å². The number of unbranched alkanes of at least 4 members (excludes halogenated alkanes) is 25. The minimum absolute atomic E-state index is 0.0883. The van der Waals surface area contributed by atoms with E-state index in [-0.39, 0.29) is 19.4 Å². The Labute approximate surface area is 368 Å². The van der Waals surface area contributed by atoms with Crippen LogP contribution in [0.1, 0.15) is 232 Å². The first-order valence-electron chi connectivity index (χ1n) is 24.6. The van der Waals surface area contributed by atoms with Gasteiger partial charge in [-0.2, -0.15) is 0 Å². The second kappa shape index (κ2) is 46.3. The molecule has 0 spiro atoms. The molecule has 348 valence electrons. The summed E-state index contributed by atoms with van der Waals surface area (Å²) in [5, 5.41) is 0. The molecule has 0 saturated heterocycles. The Bertz CT molecular complexity index is 1150. The number of rotatable bonds is 45. The van der Waals surface area contributed by atoms with Crippen LogP contribution in [0.15, 0.2) is 60.8 Å². The van der Waals surface area contributed by atoms with E-state index in [4.69, 9.17) is 19.3 Å². The van der Waals surface area contributed by atoms with Crippen LogP contribution in [0.3, 0.4) is 0 Å². The number of esters is 2. The average molecular weight is 863 g/mol. The van der Waals surface area contributed by atoms with Gasteiger partial charge in [0.1, 0.15) is 6.61 Å². The zero-order chi connectivity index (χ0) is 43.9. The normalized spacial score (nSPS) is 12.9. The molecule has 60 heavy (non-hydrogen) atoms. The monoisotopic (exact) mass is 863 g/mol. The van der Waals surface area contributed by atoms with Gasteiger partial charge in [0, 0.05) is 12.8 Å². The molecule has 0 aromatic heterocycles. The van der Waals surface area contributed by atoms with Crippen LogP contribution in [-0.2, 0) is 28.2 Å². The Morgan fingerprint density at radius 2 is 0.783 bits per heavy atom. The molecule has 1 atom stereocenters. The molecule has 0 aliphatic rings. The SMILES string of the molecule is CCCCC/C=C/C/C=C/C/C=C/C/C=C/C/C=C/CCC(=O)O[C@H](COC(=O)CCCCCCCCCCCCCCCCCCCCCCCCC)COP(=O)(O)O. The number of allylic oxidation sites excluding steroid dienone is 10. The van der Waals surface area contributed by atoms with Crippen molar-refractivity contribution in [1.29, 1.82) is 0 Å². The Morgan fingerprint density at radius 1 is 0.433 bits per heavy atom. The summed E-state index contributed by atoms with van der Waals surface area (Å²) in [4.78, 5) is 43.0. The standard InChI is InChI=1S/C51H91O8P/c1-3-5-7-9-11-13-15-17-19-21-23-24-25-26-28-29-31-33-35-37-39-41-43-45-50(52)57-47-49(48-58-60(54,55)56)59-51(53)46-44-42-40-38-36-34-32-30-27-22-20-18-16-14-12-10-8-6-4-2/h12,14,18,20,27,30,34,36,40,42,49H,3-11,13,15-17,19,21-26,28-29,31-33,35,37-39,41,43-48H2,1-2H3,(H2,54,55,56)/b14-12+,20-18+,30-27+,36-34+,42-40+/t49-/m1/s1. The highest BCUT2D eigenvalue weighted by Gasteiger charge is 2.22. The first kappa shape index (κ1) is 57.8. The molecule has 8 nitrogen and oxygen atoms in total. The quantitative estimate of drug-likeness (QED) is 0.0269. The third-order valence-electron chi connectivity index (χ3n) is 10.6. The van der Waals surface area contributed by atoms with E-state index in [1.807, 2.05) is 12.2 Å². The molecule has 0 bridgehead atoms. The van der Waals surface area contributed by atoms with E-state index in [1.165, 1.54) is 154 Å². The van der Waals surface area contributed by atoms with Crippen LogP contribution >= 0.6 is 7.82 Å². The molecule has 0 fully saturated rings. The van der Waals surface area contributed by atoms with Gasteiger partial charge in [-0.15, -0.1) is 0 Å². The van der Waals surface area contributed by atoms with Gasteiger partial charge in [0.25, 0.3) is 0 Å². The van der Waals surface area contributed by atoms with E-state index in [0.717, 1.165) is 44.9 Å². The van der Waals surface area contributed by atoms with E-state index in [1.54, 1.807) is 0 Å². The maximum Gasteiger partial charge on any atom is 0.469 e. The van der Waals surface area contributed by atoms with Gasteiger partial charge in [-0.05, 0) is 51.4 Å². The topological polar surface area (TPSA) is 119 Å². The molecule has 0 aromatic carbocycles. The summed E-state index contributed by atoms with van der Waals surface area (Å²) >= 11 is 0. The molecule has 0 aliphatic carbocycles. The summed E-state index contributed by atoms with van der Waals surface area (Å²) in [7, 11) is -4.78. The van der Waals surface area contributed by atoms with Gasteiger partial charge in [-0.3, -0.25) is 14.1 Å². The highest BCUT2D eigenvalue weighted by Crippen LogP contribution is 2.36. The van der Waals surface area contributed by atoms with Crippen LogP contribution in [0.25, 0.3) is 0 Å².